The summed E-state index contributed by atoms with van der Waals surface area (Å²) in [5, 5.41) is 0.604. The van der Waals surface area contributed by atoms with Gasteiger partial charge in [-0.25, -0.2) is 4.79 Å². The van der Waals surface area contributed by atoms with Crippen LogP contribution in [-0.4, -0.2) is 30.0 Å². The van der Waals surface area contributed by atoms with Gasteiger partial charge in [-0.2, -0.15) is 0 Å². The smallest absolute Gasteiger partial charge is 0.336 e. The molecular weight excluding hydrogens is 402 g/mol. The van der Waals surface area contributed by atoms with E-state index in [2.05, 4.69) is 0 Å². The van der Waals surface area contributed by atoms with Crippen LogP contribution < -0.4 is 4.74 Å². The quantitative estimate of drug-likeness (QED) is 0.602. The molecule has 30 heavy (non-hydrogen) atoms. The average molecular weight is 428 g/mol. The Morgan fingerprint density at radius 1 is 1.20 bits per heavy atom. The van der Waals surface area contributed by atoms with Gasteiger partial charge in [-0.15, -0.1) is 0 Å². The fraction of sp³-hybridized carbons (Fsp3) is 0.333. The van der Waals surface area contributed by atoms with Gasteiger partial charge in [-0.1, -0.05) is 35.9 Å². The van der Waals surface area contributed by atoms with Crippen molar-refractivity contribution in [2.75, 3.05) is 7.11 Å². The van der Waals surface area contributed by atoms with Crippen LogP contribution in [0.25, 0.3) is 0 Å². The largest absolute Gasteiger partial charge is 0.497 e. The summed E-state index contributed by atoms with van der Waals surface area (Å²) in [6.07, 6.45) is -0.0871. The highest BCUT2D eigenvalue weighted by molar-refractivity contribution is 6.30. The molecule has 1 heterocycles. The molecule has 0 saturated heterocycles. The van der Waals surface area contributed by atoms with Crippen molar-refractivity contribution < 1.29 is 19.1 Å². The number of carbonyl (C=O) groups excluding carboxylic acids is 2. The molecule has 0 saturated carbocycles. The Labute approximate surface area is 182 Å². The zero-order valence-electron chi connectivity index (χ0n) is 17.6. The molecule has 3 rings (SSSR count). The summed E-state index contributed by atoms with van der Waals surface area (Å²) in [6.45, 7) is 5.76. The molecule has 0 spiro atoms. The van der Waals surface area contributed by atoms with Crippen molar-refractivity contribution in [1.82, 2.24) is 4.90 Å². The first-order chi connectivity index (χ1) is 14.3. The van der Waals surface area contributed by atoms with E-state index in [0.29, 0.717) is 28.6 Å². The van der Waals surface area contributed by atoms with E-state index in [9.17, 15) is 9.59 Å². The highest BCUT2D eigenvalue weighted by atomic mass is 35.5. The first kappa shape index (κ1) is 21.9. The molecule has 1 unspecified atom stereocenters. The number of carbonyl (C=O) groups is 2. The number of benzene rings is 2. The minimum absolute atomic E-state index is 0.0543. The van der Waals surface area contributed by atoms with Crippen LogP contribution in [0.3, 0.4) is 0 Å². The fourth-order valence-corrected chi connectivity index (χ4v) is 3.92. The van der Waals surface area contributed by atoms with Gasteiger partial charge in [0.1, 0.15) is 5.75 Å². The third kappa shape index (κ3) is 4.85. The lowest BCUT2D eigenvalue weighted by Gasteiger charge is -2.35. The molecule has 1 amide bonds. The molecule has 2 aromatic rings. The van der Waals surface area contributed by atoms with E-state index in [1.54, 1.807) is 25.0 Å². The van der Waals surface area contributed by atoms with Gasteiger partial charge in [0.15, 0.2) is 0 Å². The molecule has 0 fully saturated rings. The van der Waals surface area contributed by atoms with Crippen LogP contribution >= 0.6 is 11.6 Å². The number of allylic oxidation sites excluding steroid dienone is 1. The van der Waals surface area contributed by atoms with Crippen LogP contribution in [-0.2, 0) is 20.9 Å². The molecular formula is C24H26ClNO4. The van der Waals surface area contributed by atoms with E-state index in [1.807, 2.05) is 56.3 Å². The van der Waals surface area contributed by atoms with E-state index < -0.39 is 11.9 Å². The van der Waals surface area contributed by atoms with Crippen LogP contribution in [0.1, 0.15) is 44.2 Å². The third-order valence-corrected chi connectivity index (χ3v) is 5.35. The molecule has 6 heteroatoms. The second kappa shape index (κ2) is 9.35. The molecule has 1 aliphatic rings. The maximum Gasteiger partial charge on any atom is 0.336 e. The number of rotatable bonds is 6. The number of halogens is 1. The molecule has 0 N–H and O–H groups in total. The Morgan fingerprint density at radius 3 is 2.60 bits per heavy atom. The number of hydrogen-bond acceptors (Lipinski definition) is 4. The monoisotopic (exact) mass is 427 g/mol. The Kier molecular flexibility index (Phi) is 6.83. The van der Waals surface area contributed by atoms with Crippen LogP contribution in [0, 0.1) is 0 Å². The Hall–Kier alpha value is -2.79. The summed E-state index contributed by atoms with van der Waals surface area (Å²) in [5.74, 6) is -0.176. The predicted molar refractivity (Wildman–Crippen MR) is 116 cm³/mol. The Morgan fingerprint density at radius 2 is 1.93 bits per heavy atom. The van der Waals surface area contributed by atoms with Gasteiger partial charge in [0.05, 0.1) is 25.3 Å². The van der Waals surface area contributed by atoms with Crippen molar-refractivity contribution >= 4 is 23.5 Å². The zero-order valence-corrected chi connectivity index (χ0v) is 18.4. The number of esters is 1. The van der Waals surface area contributed by atoms with Gasteiger partial charge < -0.3 is 14.4 Å². The van der Waals surface area contributed by atoms with Crippen molar-refractivity contribution in [2.45, 2.75) is 45.8 Å². The first-order valence-corrected chi connectivity index (χ1v) is 10.3. The van der Waals surface area contributed by atoms with Crippen molar-refractivity contribution in [3.63, 3.8) is 0 Å². The van der Waals surface area contributed by atoms with E-state index in [1.165, 1.54) is 0 Å². The summed E-state index contributed by atoms with van der Waals surface area (Å²) >= 11 is 6.10. The summed E-state index contributed by atoms with van der Waals surface area (Å²) in [5.41, 5.74) is 2.84. The molecule has 0 radical (unpaired) electrons. The van der Waals surface area contributed by atoms with Crippen LogP contribution in [0.5, 0.6) is 5.75 Å². The highest BCUT2D eigenvalue weighted by Gasteiger charge is 2.37. The predicted octanol–water partition coefficient (Wildman–Crippen LogP) is 5.09. The number of hydrogen-bond donors (Lipinski definition) is 0. The average Bonchev–Trinajstić information content (AvgIpc) is 2.70. The minimum atomic E-state index is -0.404. The van der Waals surface area contributed by atoms with Crippen LogP contribution in [0.2, 0.25) is 5.02 Å². The first-order valence-electron chi connectivity index (χ1n) is 9.90. The number of methoxy groups -OCH3 is 1. The summed E-state index contributed by atoms with van der Waals surface area (Å²) in [4.78, 5) is 27.8. The lowest BCUT2D eigenvalue weighted by molar-refractivity contribution is -0.143. The number of amides is 1. The number of ether oxygens (including phenoxy) is 2. The van der Waals surface area contributed by atoms with Crippen molar-refractivity contribution in [1.29, 1.82) is 0 Å². The topological polar surface area (TPSA) is 55.8 Å². The standard InChI is InChI=1S/C24H26ClNO4/c1-15(2)30-24(28)23-16(3)26(14-17-7-5-9-19(25)11-17)22(27)13-21(23)18-8-6-10-20(12-18)29-4/h5-12,15,21H,13-14H2,1-4H3. The van der Waals surface area contributed by atoms with Crippen LogP contribution in [0.4, 0.5) is 0 Å². The van der Waals surface area contributed by atoms with Gasteiger partial charge in [-0.05, 0) is 56.2 Å². The van der Waals surface area contributed by atoms with Crippen molar-refractivity contribution in [2.24, 2.45) is 0 Å². The molecule has 1 aliphatic heterocycles. The molecule has 0 bridgehead atoms. The second-order valence-corrected chi connectivity index (χ2v) is 8.03. The van der Waals surface area contributed by atoms with Gasteiger partial charge in [0.2, 0.25) is 5.91 Å². The molecule has 158 valence electrons. The third-order valence-electron chi connectivity index (χ3n) is 5.11. The lowest BCUT2D eigenvalue weighted by atomic mass is 9.83. The molecule has 0 aliphatic carbocycles. The molecule has 0 aromatic heterocycles. The summed E-state index contributed by atoms with van der Waals surface area (Å²) in [7, 11) is 1.59. The van der Waals surface area contributed by atoms with Gasteiger partial charge in [0.25, 0.3) is 0 Å². The van der Waals surface area contributed by atoms with Crippen LogP contribution in [0.15, 0.2) is 59.8 Å². The van der Waals surface area contributed by atoms with Crippen molar-refractivity contribution in [3.05, 3.63) is 76.0 Å². The number of nitrogens with zero attached hydrogens (tertiary/aromatic N) is 1. The molecule has 5 nitrogen and oxygen atoms in total. The maximum absolute atomic E-state index is 13.1. The SMILES string of the molecule is COc1cccc(C2CC(=O)N(Cc3cccc(Cl)c3)C(C)=C2C(=O)OC(C)C)c1. The lowest BCUT2D eigenvalue weighted by Crippen LogP contribution is -2.38. The van der Waals surface area contributed by atoms with E-state index in [-0.39, 0.29) is 18.4 Å². The van der Waals surface area contributed by atoms with E-state index >= 15 is 0 Å². The van der Waals surface area contributed by atoms with Gasteiger partial charge in [0, 0.05) is 23.1 Å². The van der Waals surface area contributed by atoms with E-state index in [4.69, 9.17) is 21.1 Å². The highest BCUT2D eigenvalue weighted by Crippen LogP contribution is 2.38. The summed E-state index contributed by atoms with van der Waals surface area (Å²) < 4.78 is 10.9. The Bertz CT molecular complexity index is 983. The van der Waals surface area contributed by atoms with E-state index in [0.717, 1.165) is 11.1 Å². The van der Waals surface area contributed by atoms with Gasteiger partial charge >= 0.3 is 5.97 Å². The molecule has 1 atom stereocenters. The normalized spacial score (nSPS) is 16.8. The fourth-order valence-electron chi connectivity index (χ4n) is 3.71. The summed E-state index contributed by atoms with van der Waals surface area (Å²) in [6, 6.07) is 14.8. The zero-order chi connectivity index (χ0) is 21.8. The maximum atomic E-state index is 13.1. The van der Waals surface area contributed by atoms with Crippen molar-refractivity contribution in [3.8, 4) is 5.75 Å². The molecule has 2 aromatic carbocycles. The second-order valence-electron chi connectivity index (χ2n) is 7.60. The van der Waals surface area contributed by atoms with Gasteiger partial charge in [-0.3, -0.25) is 4.79 Å². The Balaban J connectivity index is 2.05. The minimum Gasteiger partial charge on any atom is -0.497 e.